The number of nitrogens with one attached hydrogen (secondary N) is 2. The lowest BCUT2D eigenvalue weighted by atomic mass is 10.1. The fraction of sp³-hybridized carbons (Fsp3) is 0.222. The maximum Gasteiger partial charge on any atom is 0.238 e. The first-order valence-electron chi connectivity index (χ1n) is 7.65. The highest BCUT2D eigenvalue weighted by molar-refractivity contribution is 8.01. The maximum atomic E-state index is 12.3. The van der Waals surface area contributed by atoms with Crippen molar-refractivity contribution >= 4 is 40.9 Å². The molecule has 0 aromatic heterocycles. The molecular formula is C18H17ClN2O2S. The van der Waals surface area contributed by atoms with E-state index in [-0.39, 0.29) is 24.3 Å². The number of amides is 2. The van der Waals surface area contributed by atoms with Gasteiger partial charge in [0.15, 0.2) is 0 Å². The Morgan fingerprint density at radius 1 is 1.25 bits per heavy atom. The Labute approximate surface area is 150 Å². The summed E-state index contributed by atoms with van der Waals surface area (Å²) in [7, 11) is 0. The molecule has 2 amide bonds. The van der Waals surface area contributed by atoms with E-state index in [1.54, 1.807) is 6.07 Å². The van der Waals surface area contributed by atoms with E-state index < -0.39 is 5.25 Å². The molecule has 1 heterocycles. The van der Waals surface area contributed by atoms with E-state index in [0.29, 0.717) is 5.02 Å². The Kier molecular flexibility index (Phi) is 5.11. The average molecular weight is 361 g/mol. The van der Waals surface area contributed by atoms with Crippen molar-refractivity contribution in [2.45, 2.75) is 29.5 Å². The molecular weight excluding hydrogens is 344 g/mol. The van der Waals surface area contributed by atoms with Gasteiger partial charge in [-0.1, -0.05) is 41.9 Å². The Bertz CT molecular complexity index is 781. The van der Waals surface area contributed by atoms with Gasteiger partial charge in [-0.15, -0.1) is 11.8 Å². The van der Waals surface area contributed by atoms with Crippen molar-refractivity contribution < 1.29 is 9.59 Å². The van der Waals surface area contributed by atoms with Crippen LogP contribution in [0.15, 0.2) is 53.4 Å². The van der Waals surface area contributed by atoms with Crippen molar-refractivity contribution in [2.24, 2.45) is 0 Å². The van der Waals surface area contributed by atoms with Crippen molar-refractivity contribution in [2.75, 3.05) is 5.32 Å². The Balaban J connectivity index is 1.63. The van der Waals surface area contributed by atoms with Crippen LogP contribution in [0.4, 0.5) is 5.69 Å². The highest BCUT2D eigenvalue weighted by Gasteiger charge is 2.29. The van der Waals surface area contributed by atoms with Crippen LogP contribution < -0.4 is 10.6 Å². The molecule has 6 heteroatoms. The van der Waals surface area contributed by atoms with Gasteiger partial charge in [0.05, 0.1) is 17.0 Å². The van der Waals surface area contributed by atoms with Gasteiger partial charge in [-0.25, -0.2) is 0 Å². The number of para-hydroxylation sites is 1. The molecule has 2 atom stereocenters. The van der Waals surface area contributed by atoms with Gasteiger partial charge in [0.25, 0.3) is 0 Å². The Hall–Kier alpha value is -1.98. The third-order valence-electron chi connectivity index (χ3n) is 3.83. The molecule has 0 spiro atoms. The molecule has 0 unspecified atom stereocenters. The predicted octanol–water partition coefficient (Wildman–Crippen LogP) is 4.02. The van der Waals surface area contributed by atoms with E-state index in [1.807, 2.05) is 49.4 Å². The third-order valence-corrected chi connectivity index (χ3v) is 5.45. The molecule has 2 aromatic rings. The first kappa shape index (κ1) is 16.9. The number of benzene rings is 2. The second-order valence-electron chi connectivity index (χ2n) is 5.61. The van der Waals surface area contributed by atoms with Crippen LogP contribution in [-0.2, 0) is 9.59 Å². The molecule has 0 saturated heterocycles. The number of halogens is 1. The van der Waals surface area contributed by atoms with Crippen molar-refractivity contribution in [3.63, 3.8) is 0 Å². The summed E-state index contributed by atoms with van der Waals surface area (Å²) in [5.74, 6) is -0.311. The number of hydrogen-bond donors (Lipinski definition) is 2. The predicted molar refractivity (Wildman–Crippen MR) is 97.3 cm³/mol. The Morgan fingerprint density at radius 3 is 2.75 bits per heavy atom. The topological polar surface area (TPSA) is 58.2 Å². The minimum atomic E-state index is -0.432. The number of rotatable bonds is 4. The molecule has 0 saturated carbocycles. The van der Waals surface area contributed by atoms with Gasteiger partial charge < -0.3 is 10.6 Å². The lowest BCUT2D eigenvalue weighted by Crippen LogP contribution is -2.35. The second kappa shape index (κ2) is 7.28. The number of hydrogen-bond acceptors (Lipinski definition) is 3. The summed E-state index contributed by atoms with van der Waals surface area (Å²) in [5, 5.41) is 5.94. The zero-order valence-electron chi connectivity index (χ0n) is 13.1. The largest absolute Gasteiger partial charge is 0.349 e. The van der Waals surface area contributed by atoms with Gasteiger partial charge in [0.1, 0.15) is 0 Å². The molecule has 0 fully saturated rings. The summed E-state index contributed by atoms with van der Waals surface area (Å²) in [5.41, 5.74) is 1.66. The monoisotopic (exact) mass is 360 g/mol. The summed E-state index contributed by atoms with van der Waals surface area (Å²) in [6.07, 6.45) is 0.125. The van der Waals surface area contributed by atoms with E-state index in [2.05, 4.69) is 10.6 Å². The summed E-state index contributed by atoms with van der Waals surface area (Å²) in [4.78, 5) is 25.5. The van der Waals surface area contributed by atoms with Gasteiger partial charge in [0, 0.05) is 16.3 Å². The number of fused-ring (bicyclic) bond motifs is 1. The number of thioether (sulfide) groups is 1. The summed E-state index contributed by atoms with van der Waals surface area (Å²) in [6.45, 7) is 1.88. The molecule has 0 radical (unpaired) electrons. The van der Waals surface area contributed by atoms with Gasteiger partial charge in [-0.3, -0.25) is 9.59 Å². The molecule has 0 aliphatic carbocycles. The lowest BCUT2D eigenvalue weighted by Gasteiger charge is -2.24. The zero-order chi connectivity index (χ0) is 17.1. The molecule has 2 aromatic carbocycles. The van der Waals surface area contributed by atoms with Gasteiger partial charge >= 0.3 is 0 Å². The Morgan fingerprint density at radius 2 is 1.96 bits per heavy atom. The third kappa shape index (κ3) is 3.74. The molecule has 0 bridgehead atoms. The summed E-state index contributed by atoms with van der Waals surface area (Å²) >= 11 is 7.57. The molecule has 3 rings (SSSR count). The fourth-order valence-corrected chi connectivity index (χ4v) is 4.01. The van der Waals surface area contributed by atoms with Crippen molar-refractivity contribution in [3.05, 3.63) is 59.1 Å². The first-order valence-corrected chi connectivity index (χ1v) is 8.90. The van der Waals surface area contributed by atoms with Gasteiger partial charge in [-0.05, 0) is 30.7 Å². The quantitative estimate of drug-likeness (QED) is 0.865. The normalized spacial score (nSPS) is 17.6. The van der Waals surface area contributed by atoms with E-state index in [9.17, 15) is 9.59 Å². The van der Waals surface area contributed by atoms with Crippen LogP contribution in [0, 0.1) is 0 Å². The minimum Gasteiger partial charge on any atom is -0.349 e. The SMILES string of the molecule is C[C@@H](NC(=O)C[C@@H]1Sc2ccccc2NC1=O)c1ccccc1Cl. The van der Waals surface area contributed by atoms with Crippen molar-refractivity contribution in [1.82, 2.24) is 5.32 Å². The molecule has 124 valence electrons. The molecule has 1 aliphatic heterocycles. The van der Waals surface area contributed by atoms with Crippen molar-refractivity contribution in [3.8, 4) is 0 Å². The lowest BCUT2D eigenvalue weighted by molar-refractivity contribution is -0.124. The summed E-state index contributed by atoms with van der Waals surface area (Å²) < 4.78 is 0. The van der Waals surface area contributed by atoms with Crippen LogP contribution in [-0.4, -0.2) is 17.1 Å². The molecule has 2 N–H and O–H groups in total. The number of anilines is 1. The van der Waals surface area contributed by atoms with Crippen LogP contribution in [0.5, 0.6) is 0 Å². The summed E-state index contributed by atoms with van der Waals surface area (Å²) in [6, 6.07) is 14.8. The highest BCUT2D eigenvalue weighted by Crippen LogP contribution is 2.36. The van der Waals surface area contributed by atoms with Crippen LogP contribution in [0.2, 0.25) is 5.02 Å². The highest BCUT2D eigenvalue weighted by atomic mass is 35.5. The van der Waals surface area contributed by atoms with Gasteiger partial charge in [0.2, 0.25) is 11.8 Å². The van der Waals surface area contributed by atoms with Crippen molar-refractivity contribution in [1.29, 1.82) is 0 Å². The van der Waals surface area contributed by atoms with Crippen LogP contribution in [0.1, 0.15) is 24.9 Å². The van der Waals surface area contributed by atoms with Gasteiger partial charge in [-0.2, -0.15) is 0 Å². The van der Waals surface area contributed by atoms with Crippen LogP contribution in [0.25, 0.3) is 0 Å². The fourth-order valence-electron chi connectivity index (χ4n) is 2.60. The molecule has 1 aliphatic rings. The van der Waals surface area contributed by atoms with E-state index in [1.165, 1.54) is 11.8 Å². The first-order chi connectivity index (χ1) is 11.5. The second-order valence-corrected chi connectivity index (χ2v) is 7.26. The standard InChI is InChI=1S/C18H17ClN2O2S/c1-11(12-6-2-3-7-13(12)19)20-17(22)10-16-18(23)21-14-8-4-5-9-15(14)24-16/h2-9,11,16H,10H2,1H3,(H,20,22)(H,21,23)/t11-,16+/m1/s1. The van der Waals surface area contributed by atoms with E-state index in [4.69, 9.17) is 11.6 Å². The number of carbonyl (C=O) groups excluding carboxylic acids is 2. The minimum absolute atomic E-state index is 0.125. The maximum absolute atomic E-state index is 12.3. The van der Waals surface area contributed by atoms with E-state index in [0.717, 1.165) is 16.1 Å². The smallest absolute Gasteiger partial charge is 0.238 e. The van der Waals surface area contributed by atoms with Crippen LogP contribution >= 0.6 is 23.4 Å². The number of carbonyl (C=O) groups is 2. The molecule has 24 heavy (non-hydrogen) atoms. The zero-order valence-corrected chi connectivity index (χ0v) is 14.7. The van der Waals surface area contributed by atoms with E-state index >= 15 is 0 Å². The van der Waals surface area contributed by atoms with Crippen LogP contribution in [0.3, 0.4) is 0 Å². The molecule has 4 nitrogen and oxygen atoms in total. The average Bonchev–Trinajstić information content (AvgIpc) is 2.55.